The molecule has 0 bridgehead atoms. The lowest BCUT2D eigenvalue weighted by molar-refractivity contribution is -0.279. The van der Waals surface area contributed by atoms with Gasteiger partial charge in [0.05, 0.1) is 16.6 Å². The maximum Gasteiger partial charge on any atom is 0.423 e. The highest BCUT2D eigenvalue weighted by Crippen LogP contribution is 2.37. The zero-order valence-corrected chi connectivity index (χ0v) is 22.1. The number of hydrogen-bond donors (Lipinski definition) is 2. The van der Waals surface area contributed by atoms with E-state index in [1.807, 2.05) is 5.43 Å². The van der Waals surface area contributed by atoms with Crippen LogP contribution in [0.1, 0.15) is 0 Å². The van der Waals surface area contributed by atoms with Gasteiger partial charge in [0.1, 0.15) is 0 Å². The summed E-state index contributed by atoms with van der Waals surface area (Å²) >= 11 is 0. The van der Waals surface area contributed by atoms with E-state index in [1.165, 1.54) is 44.5 Å². The summed E-state index contributed by atoms with van der Waals surface area (Å²) in [6.45, 7) is 0. The highest BCUT2D eigenvalue weighted by atomic mass is 32.2. The predicted octanol–water partition coefficient (Wildman–Crippen LogP) is 6.39. The van der Waals surface area contributed by atoms with Gasteiger partial charge in [0.15, 0.2) is 24.8 Å². The van der Waals surface area contributed by atoms with Crippen molar-refractivity contribution in [3.05, 3.63) is 121 Å². The summed E-state index contributed by atoms with van der Waals surface area (Å²) in [7, 11) is -6.59. The topological polar surface area (TPSA) is 90.5 Å². The van der Waals surface area contributed by atoms with Gasteiger partial charge < -0.3 is 4.55 Å². The molecule has 0 aliphatic carbocycles. The molecule has 0 saturated carbocycles. The summed E-state index contributed by atoms with van der Waals surface area (Å²) in [5.74, 6) is 0. The van der Waals surface area contributed by atoms with E-state index in [-0.39, 0.29) is 16.6 Å². The molecule has 0 saturated heterocycles. The van der Waals surface area contributed by atoms with E-state index in [2.05, 4.69) is 95.8 Å². The molecule has 212 valence electrons. The highest BCUT2D eigenvalue weighted by Gasteiger charge is 2.61. The molecule has 40 heavy (non-hydrogen) atoms. The zero-order valence-electron chi connectivity index (χ0n) is 20.5. The Morgan fingerprint density at radius 2 is 1.00 bits per heavy atom. The number of para-hydroxylation sites is 1. The first-order chi connectivity index (χ1) is 18.9. The molecule has 1 atom stereocenters. The normalized spacial score (nSPS) is 12.8. The first-order valence-electron chi connectivity index (χ1n) is 11.4. The molecule has 0 spiro atoms. The van der Waals surface area contributed by atoms with Crippen molar-refractivity contribution in [2.75, 3.05) is 5.43 Å². The molecular formula is C27H23F5N2O4S2. The van der Waals surface area contributed by atoms with Crippen molar-refractivity contribution in [3.63, 3.8) is 0 Å². The summed E-state index contributed by atoms with van der Waals surface area (Å²) in [5, 5.41) is -5.70. The molecule has 0 aromatic heterocycles. The summed E-state index contributed by atoms with van der Waals surface area (Å²) in [6.07, 6.45) is -9.98. The highest BCUT2D eigenvalue weighted by molar-refractivity contribution is 7.97. The molecule has 6 nitrogen and oxygen atoms in total. The molecule has 0 aliphatic rings. The summed E-state index contributed by atoms with van der Waals surface area (Å²) < 4.78 is 93.9. The first-order valence-corrected chi connectivity index (χ1v) is 14.1. The number of benzene rings is 4. The fourth-order valence-electron chi connectivity index (χ4n) is 3.20. The van der Waals surface area contributed by atoms with Gasteiger partial charge >= 0.3 is 11.4 Å². The molecule has 0 heterocycles. The quantitative estimate of drug-likeness (QED) is 0.101. The number of hydrazine groups is 1. The SMILES string of the molecule is O=S(=O)([O-])C(F)(F)C(ONNc1ccccc1)C(F)(F)F.c1ccc([S+](c2ccccc2)c2ccccc2)cc1. The van der Waals surface area contributed by atoms with Gasteiger partial charge in [-0.25, -0.2) is 8.42 Å². The average Bonchev–Trinajstić information content (AvgIpc) is 2.93. The zero-order chi connectivity index (χ0) is 29.2. The Morgan fingerprint density at radius 3 is 1.32 bits per heavy atom. The first kappa shape index (κ1) is 31.0. The molecule has 13 heteroatoms. The second-order valence-corrected chi connectivity index (χ2v) is 11.4. The van der Waals surface area contributed by atoms with Gasteiger partial charge in [-0.3, -0.25) is 10.3 Å². The molecule has 0 aliphatic heterocycles. The van der Waals surface area contributed by atoms with Crippen molar-refractivity contribution in [1.29, 1.82) is 0 Å². The molecule has 0 amide bonds. The van der Waals surface area contributed by atoms with Crippen molar-refractivity contribution in [1.82, 2.24) is 5.59 Å². The third-order valence-corrected chi connectivity index (χ3v) is 8.13. The van der Waals surface area contributed by atoms with E-state index < -0.39 is 27.7 Å². The lowest BCUT2D eigenvalue weighted by Gasteiger charge is -2.29. The Labute approximate surface area is 230 Å². The lowest BCUT2D eigenvalue weighted by Crippen LogP contribution is -2.54. The van der Waals surface area contributed by atoms with Crippen LogP contribution in [0.5, 0.6) is 0 Å². The Kier molecular flexibility index (Phi) is 10.7. The maximum atomic E-state index is 13.0. The van der Waals surface area contributed by atoms with E-state index >= 15 is 0 Å². The minimum absolute atomic E-state index is 0.0146. The number of nitrogens with one attached hydrogen (secondary N) is 2. The number of alkyl halides is 5. The predicted molar refractivity (Wildman–Crippen MR) is 140 cm³/mol. The molecule has 0 fully saturated rings. The van der Waals surface area contributed by atoms with Gasteiger partial charge in [-0.05, 0) is 48.5 Å². The molecule has 2 N–H and O–H groups in total. The smallest absolute Gasteiger partial charge is 0.423 e. The third-order valence-electron chi connectivity index (χ3n) is 5.02. The van der Waals surface area contributed by atoms with Crippen molar-refractivity contribution < 1.29 is 39.8 Å². The summed E-state index contributed by atoms with van der Waals surface area (Å²) in [5.41, 5.74) is 3.45. The van der Waals surface area contributed by atoms with E-state index in [0.29, 0.717) is 0 Å². The minimum atomic E-state index is -6.58. The van der Waals surface area contributed by atoms with E-state index in [1.54, 1.807) is 6.07 Å². The Morgan fingerprint density at radius 1 is 0.650 bits per heavy atom. The van der Waals surface area contributed by atoms with Crippen LogP contribution < -0.4 is 11.0 Å². The van der Waals surface area contributed by atoms with Crippen LogP contribution in [-0.2, 0) is 25.9 Å². The van der Waals surface area contributed by atoms with E-state index in [9.17, 15) is 34.9 Å². The van der Waals surface area contributed by atoms with Crippen LogP contribution in [0.3, 0.4) is 0 Å². The van der Waals surface area contributed by atoms with E-state index in [4.69, 9.17) is 0 Å². The number of halogens is 5. The third kappa shape index (κ3) is 8.50. The number of anilines is 1. The Bertz CT molecular complexity index is 1320. The molecule has 4 aromatic carbocycles. The van der Waals surface area contributed by atoms with Gasteiger partial charge in [0, 0.05) is 0 Å². The van der Waals surface area contributed by atoms with Crippen LogP contribution in [-0.4, -0.2) is 30.5 Å². The van der Waals surface area contributed by atoms with Crippen LogP contribution in [0.4, 0.5) is 27.6 Å². The van der Waals surface area contributed by atoms with Crippen molar-refractivity contribution in [2.24, 2.45) is 0 Å². The summed E-state index contributed by atoms with van der Waals surface area (Å²) in [6, 6.07) is 39.4. The fourth-order valence-corrected chi connectivity index (χ4v) is 5.75. The fraction of sp³-hybridized carbons (Fsp3) is 0.111. The van der Waals surface area contributed by atoms with Gasteiger partial charge in [-0.15, -0.1) is 5.59 Å². The minimum Gasteiger partial charge on any atom is -0.743 e. The maximum absolute atomic E-state index is 13.0. The second kappa shape index (κ2) is 13.7. The largest absolute Gasteiger partial charge is 0.743 e. The van der Waals surface area contributed by atoms with Gasteiger partial charge in [0.2, 0.25) is 0 Å². The molecule has 1 unspecified atom stereocenters. The van der Waals surface area contributed by atoms with Crippen LogP contribution >= 0.6 is 0 Å². The van der Waals surface area contributed by atoms with Crippen LogP contribution in [0, 0.1) is 0 Å². The van der Waals surface area contributed by atoms with Crippen molar-refractivity contribution in [2.45, 2.75) is 32.2 Å². The van der Waals surface area contributed by atoms with Crippen LogP contribution in [0.25, 0.3) is 0 Å². The molecular weight excluding hydrogens is 575 g/mol. The van der Waals surface area contributed by atoms with Gasteiger partial charge in [-0.2, -0.15) is 22.0 Å². The van der Waals surface area contributed by atoms with Crippen LogP contribution in [0.2, 0.25) is 0 Å². The van der Waals surface area contributed by atoms with Crippen molar-refractivity contribution >= 4 is 26.7 Å². The Hall–Kier alpha value is -3.49. The van der Waals surface area contributed by atoms with Gasteiger partial charge in [-0.1, -0.05) is 72.8 Å². The van der Waals surface area contributed by atoms with Crippen molar-refractivity contribution in [3.8, 4) is 0 Å². The number of hydrogen-bond acceptors (Lipinski definition) is 6. The number of rotatable bonds is 9. The monoisotopic (exact) mass is 598 g/mol. The molecule has 4 aromatic rings. The average molecular weight is 599 g/mol. The van der Waals surface area contributed by atoms with Gasteiger partial charge in [0.25, 0.3) is 6.10 Å². The molecule has 4 rings (SSSR count). The Balaban J connectivity index is 0.000000221. The standard InChI is InChI=1S/C18H15S.C9H9F5N2O4S/c1-4-10-16(11-5-1)19(17-12-6-2-7-13-17)18-14-8-3-9-15-18;10-8(11,12)7(9(13,14)21(17,18)19)20-16-15-6-4-2-1-3-5-6/h1-15H;1-5,7,15-16H,(H,17,18,19)/q+1;/p-1. The molecule has 0 radical (unpaired) electrons. The lowest BCUT2D eigenvalue weighted by atomic mass is 10.3. The second-order valence-electron chi connectivity index (χ2n) is 7.89. The summed E-state index contributed by atoms with van der Waals surface area (Å²) in [4.78, 5) is 7.67. The van der Waals surface area contributed by atoms with E-state index in [0.717, 1.165) is 0 Å². The van der Waals surface area contributed by atoms with Crippen LogP contribution in [0.15, 0.2) is 136 Å².